The molecule has 0 aliphatic carbocycles. The summed E-state index contributed by atoms with van der Waals surface area (Å²) in [5.74, 6) is -2.76. The molecular weight excluding hydrogens is 194 g/mol. The molecule has 0 aromatic rings. The number of alkyl halides is 3. The lowest BCUT2D eigenvalue weighted by Crippen LogP contribution is -2.21. The van der Waals surface area contributed by atoms with Crippen LogP contribution in [0.5, 0.6) is 0 Å². The van der Waals surface area contributed by atoms with E-state index < -0.39 is 24.6 Å². The van der Waals surface area contributed by atoms with Crippen molar-refractivity contribution in [2.75, 3.05) is 0 Å². The van der Waals surface area contributed by atoms with Gasteiger partial charge < -0.3 is 5.11 Å². The Morgan fingerprint density at radius 3 is 1.42 bits per heavy atom. The van der Waals surface area contributed by atoms with Crippen LogP contribution in [0, 0.1) is 0 Å². The summed E-state index contributed by atoms with van der Waals surface area (Å²) in [6.07, 6.45) is -8.12. The van der Waals surface area contributed by atoms with E-state index in [1.807, 2.05) is 0 Å². The van der Waals surface area contributed by atoms with E-state index in [0.717, 1.165) is 0 Å². The second-order valence-electron chi connectivity index (χ2n) is 1.20. The Morgan fingerprint density at radius 1 is 1.25 bits per heavy atom. The summed E-state index contributed by atoms with van der Waals surface area (Å²) in [5, 5.41) is 7.12. The van der Waals surface area contributed by atoms with Crippen molar-refractivity contribution in [1.29, 1.82) is 0 Å². The van der Waals surface area contributed by atoms with Crippen LogP contribution in [0.2, 0.25) is 0 Å². The van der Waals surface area contributed by atoms with Crippen molar-refractivity contribution in [3.05, 3.63) is 12.4 Å². The minimum Gasteiger partial charge on any atom is -0.475 e. The van der Waals surface area contributed by atoms with E-state index in [1.165, 1.54) is 0 Å². The molecule has 0 rings (SSSR count). The molecule has 0 unspecified atom stereocenters. The second kappa shape index (κ2) is 5.44. The van der Waals surface area contributed by atoms with Crippen molar-refractivity contribution >= 4 is 5.97 Å². The molecule has 0 amide bonds. The zero-order valence-corrected chi connectivity index (χ0v) is 5.20. The number of rotatable bonds is 0. The Kier molecular flexibility index (Phi) is 6.07. The molecule has 0 heterocycles. The summed E-state index contributed by atoms with van der Waals surface area (Å²) in [5.41, 5.74) is 0. The van der Waals surface area contributed by atoms with Gasteiger partial charge in [-0.25, -0.2) is 9.18 Å². The number of hydrogen-bond acceptors (Lipinski definition) is 1. The van der Waals surface area contributed by atoms with Gasteiger partial charge in [-0.3, -0.25) is 0 Å². The molecule has 0 saturated carbocycles. The first-order chi connectivity index (χ1) is 5.21. The minimum absolute atomic E-state index is 0.750. The van der Waals surface area contributed by atoms with Crippen LogP contribution in [0.1, 0.15) is 0 Å². The zero-order chi connectivity index (χ0) is 10.4. The van der Waals surface area contributed by atoms with Gasteiger partial charge in [-0.2, -0.15) is 22.0 Å². The van der Waals surface area contributed by atoms with Crippen LogP contribution >= 0.6 is 0 Å². The fourth-order valence-corrected chi connectivity index (χ4v) is 0. The van der Waals surface area contributed by atoms with Gasteiger partial charge in [0.05, 0.1) is 0 Å². The Labute approximate surface area is 62.1 Å². The lowest BCUT2D eigenvalue weighted by atomic mass is 10.7. The summed E-state index contributed by atoms with van der Waals surface area (Å²) < 4.78 is 62.4. The zero-order valence-electron chi connectivity index (χ0n) is 5.20. The maximum atomic E-state index is 10.6. The van der Waals surface area contributed by atoms with E-state index in [1.54, 1.807) is 0 Å². The van der Waals surface area contributed by atoms with Crippen molar-refractivity contribution in [1.82, 2.24) is 0 Å². The van der Waals surface area contributed by atoms with E-state index in [-0.39, 0.29) is 0 Å². The Morgan fingerprint density at radius 2 is 1.42 bits per heavy atom. The first-order valence-electron chi connectivity index (χ1n) is 2.13. The molecule has 0 radical (unpaired) electrons. The van der Waals surface area contributed by atoms with Crippen molar-refractivity contribution in [2.24, 2.45) is 0 Å². The van der Waals surface area contributed by atoms with Gasteiger partial charge in [0.2, 0.25) is 0 Å². The van der Waals surface area contributed by atoms with Gasteiger partial charge in [0.25, 0.3) is 6.08 Å². The van der Waals surface area contributed by atoms with E-state index in [0.29, 0.717) is 0 Å². The second-order valence-corrected chi connectivity index (χ2v) is 1.20. The normalized spacial score (nSPS) is 9.50. The van der Waals surface area contributed by atoms with Gasteiger partial charge >= 0.3 is 12.1 Å². The number of carboxylic acid groups (broad SMARTS) is 1. The summed E-state index contributed by atoms with van der Waals surface area (Å²) in [4.78, 5) is 8.90. The quantitative estimate of drug-likeness (QED) is 0.603. The van der Waals surface area contributed by atoms with E-state index in [4.69, 9.17) is 9.90 Å². The van der Waals surface area contributed by atoms with Crippen LogP contribution in [0.15, 0.2) is 12.4 Å². The molecule has 0 aliphatic heterocycles. The maximum Gasteiger partial charge on any atom is 0.490 e. The van der Waals surface area contributed by atoms with Crippen molar-refractivity contribution in [2.45, 2.75) is 6.18 Å². The number of carboxylic acids is 1. The lowest BCUT2D eigenvalue weighted by molar-refractivity contribution is -0.192. The van der Waals surface area contributed by atoms with Crippen molar-refractivity contribution in [3.8, 4) is 0 Å². The topological polar surface area (TPSA) is 37.3 Å². The van der Waals surface area contributed by atoms with Gasteiger partial charge in [0, 0.05) is 0 Å². The third-order valence-electron chi connectivity index (χ3n) is 0.325. The third-order valence-corrected chi connectivity index (χ3v) is 0.325. The molecule has 0 saturated heterocycles. The first-order valence-corrected chi connectivity index (χ1v) is 2.13. The van der Waals surface area contributed by atoms with Crippen LogP contribution in [-0.2, 0) is 4.79 Å². The van der Waals surface area contributed by atoms with Gasteiger partial charge in [-0.1, -0.05) is 0 Å². The molecule has 0 atom stereocenters. The highest BCUT2D eigenvalue weighted by Crippen LogP contribution is 2.13. The molecular formula is C4H2F6O2. The minimum atomic E-state index is -5.08. The van der Waals surface area contributed by atoms with Gasteiger partial charge in [0.15, 0.2) is 6.33 Å². The molecule has 0 aromatic carbocycles. The first kappa shape index (κ1) is 13.4. The predicted octanol–water partition coefficient (Wildman–Crippen LogP) is 2.33. The highest BCUT2D eigenvalue weighted by molar-refractivity contribution is 5.73. The maximum absolute atomic E-state index is 10.6. The highest BCUT2D eigenvalue weighted by atomic mass is 19.4. The summed E-state index contributed by atoms with van der Waals surface area (Å²) >= 11 is 0. The van der Waals surface area contributed by atoms with Gasteiger partial charge in [0.1, 0.15) is 0 Å². The molecule has 8 heteroatoms. The van der Waals surface area contributed by atoms with Crippen LogP contribution in [0.25, 0.3) is 0 Å². The van der Waals surface area contributed by atoms with Crippen LogP contribution in [-0.4, -0.2) is 17.3 Å². The number of hydrogen-bond donors (Lipinski definition) is 1. The molecule has 0 spiro atoms. The van der Waals surface area contributed by atoms with Crippen molar-refractivity contribution < 1.29 is 36.2 Å². The standard InChI is InChI=1S/C2HF3O2.C2HF3/c3-2(4,5)1(6)7;3-1-2(4)5/h(H,6,7);1H. The SMILES string of the molecule is FC=C(F)F.O=C(O)C(F)(F)F. The van der Waals surface area contributed by atoms with Gasteiger partial charge in [-0.05, 0) is 0 Å². The van der Waals surface area contributed by atoms with Gasteiger partial charge in [-0.15, -0.1) is 0 Å². The summed E-state index contributed by atoms with van der Waals surface area (Å²) in [6.45, 7) is 0. The third kappa shape index (κ3) is 11.6. The number of carbonyl (C=O) groups is 1. The van der Waals surface area contributed by atoms with Crippen molar-refractivity contribution in [3.63, 3.8) is 0 Å². The molecule has 0 fully saturated rings. The highest BCUT2D eigenvalue weighted by Gasteiger charge is 2.38. The molecule has 12 heavy (non-hydrogen) atoms. The molecule has 1 N–H and O–H groups in total. The van der Waals surface area contributed by atoms with Crippen LogP contribution in [0.3, 0.4) is 0 Å². The molecule has 72 valence electrons. The van der Waals surface area contributed by atoms with E-state index >= 15 is 0 Å². The Balaban J connectivity index is 0. The average Bonchev–Trinajstić information content (AvgIpc) is 1.87. The van der Waals surface area contributed by atoms with Crippen LogP contribution < -0.4 is 0 Å². The molecule has 0 aliphatic rings. The van der Waals surface area contributed by atoms with E-state index in [9.17, 15) is 26.3 Å². The smallest absolute Gasteiger partial charge is 0.475 e. The average molecular weight is 196 g/mol. The largest absolute Gasteiger partial charge is 0.490 e. The predicted molar refractivity (Wildman–Crippen MR) is 25.1 cm³/mol. The number of aliphatic carboxylic acids is 1. The number of halogens is 6. The van der Waals surface area contributed by atoms with Crippen LogP contribution in [0.4, 0.5) is 26.3 Å². The Bertz CT molecular complexity index is 167. The van der Waals surface area contributed by atoms with E-state index in [2.05, 4.69) is 0 Å². The summed E-state index contributed by atoms with van der Waals surface area (Å²) in [6, 6.07) is 0. The molecule has 0 bridgehead atoms. The Hall–Kier alpha value is -1.21. The summed E-state index contributed by atoms with van der Waals surface area (Å²) in [7, 11) is 0. The fourth-order valence-electron chi connectivity index (χ4n) is 0. The lowest BCUT2D eigenvalue weighted by Gasteiger charge is -1.93. The molecule has 0 aromatic heterocycles. The molecule has 2 nitrogen and oxygen atoms in total. The fraction of sp³-hybridized carbons (Fsp3) is 0.250. The monoisotopic (exact) mass is 196 g/mol.